The number of aromatic nitrogens is 2. The van der Waals surface area contributed by atoms with Gasteiger partial charge in [-0.2, -0.15) is 4.98 Å². The smallest absolute Gasteiger partial charge is 0.241 e. The van der Waals surface area contributed by atoms with Crippen LogP contribution in [-0.2, 0) is 9.59 Å². The zero-order chi connectivity index (χ0) is 23.2. The Hall–Kier alpha value is -3.10. The first kappa shape index (κ1) is 23.1. The molecule has 0 unspecified atom stereocenters. The Labute approximate surface area is 193 Å². The van der Waals surface area contributed by atoms with E-state index in [0.29, 0.717) is 36.3 Å². The predicted molar refractivity (Wildman–Crippen MR) is 121 cm³/mol. The molecule has 1 saturated heterocycles. The quantitative estimate of drug-likeness (QED) is 0.682. The summed E-state index contributed by atoms with van der Waals surface area (Å²) in [4.78, 5) is 31.3. The van der Waals surface area contributed by atoms with E-state index >= 15 is 0 Å². The van der Waals surface area contributed by atoms with Crippen LogP contribution in [0.4, 0.5) is 0 Å². The van der Waals surface area contributed by atoms with Crippen LogP contribution in [0.2, 0.25) is 0 Å². The molecule has 178 valence electrons. The van der Waals surface area contributed by atoms with Crippen molar-refractivity contribution in [3.8, 4) is 22.9 Å². The fraction of sp³-hybridized carbons (Fsp3) is 0.583. The number of benzene rings is 1. The minimum atomic E-state index is -0.0332. The summed E-state index contributed by atoms with van der Waals surface area (Å²) in [6, 6.07) is 5.48. The molecular weight excluding hydrogens is 424 g/mol. The van der Waals surface area contributed by atoms with Gasteiger partial charge in [-0.15, -0.1) is 0 Å². The first-order valence-corrected chi connectivity index (χ1v) is 11.7. The van der Waals surface area contributed by atoms with E-state index in [-0.39, 0.29) is 30.2 Å². The molecule has 1 saturated carbocycles. The van der Waals surface area contributed by atoms with Crippen LogP contribution >= 0.6 is 0 Å². The maximum Gasteiger partial charge on any atom is 0.241 e. The number of likely N-dealkylation sites (tertiary alicyclic amines) is 1. The topological polar surface area (TPSA) is 107 Å². The Morgan fingerprint density at radius 3 is 2.48 bits per heavy atom. The molecule has 0 spiro atoms. The van der Waals surface area contributed by atoms with Crippen LogP contribution < -0.4 is 14.8 Å². The molecule has 1 N–H and O–H groups in total. The lowest BCUT2D eigenvalue weighted by atomic mass is 9.89. The van der Waals surface area contributed by atoms with Crippen LogP contribution in [0.15, 0.2) is 22.7 Å². The molecule has 0 atom stereocenters. The number of nitrogens with one attached hydrogen (secondary N) is 1. The lowest BCUT2D eigenvalue weighted by molar-refractivity contribution is -0.135. The normalized spacial score (nSPS) is 17.6. The Morgan fingerprint density at radius 1 is 1.06 bits per heavy atom. The summed E-state index contributed by atoms with van der Waals surface area (Å²) >= 11 is 0. The summed E-state index contributed by atoms with van der Waals surface area (Å²) in [5.41, 5.74) is 0.781. The zero-order valence-electron chi connectivity index (χ0n) is 19.3. The lowest BCUT2D eigenvalue weighted by Gasteiger charge is -2.30. The number of hydrogen-bond donors (Lipinski definition) is 1. The van der Waals surface area contributed by atoms with Crippen LogP contribution in [-0.4, -0.2) is 60.7 Å². The molecule has 2 fully saturated rings. The van der Waals surface area contributed by atoms with Crippen molar-refractivity contribution < 1.29 is 23.6 Å². The number of hydrogen-bond acceptors (Lipinski definition) is 7. The highest BCUT2D eigenvalue weighted by Gasteiger charge is 2.28. The molecule has 1 aromatic heterocycles. The second-order valence-electron chi connectivity index (χ2n) is 8.73. The summed E-state index contributed by atoms with van der Waals surface area (Å²) in [7, 11) is 3.17. The third-order valence-corrected chi connectivity index (χ3v) is 6.67. The second kappa shape index (κ2) is 10.7. The van der Waals surface area contributed by atoms with Gasteiger partial charge in [0.05, 0.1) is 20.8 Å². The van der Waals surface area contributed by atoms with Gasteiger partial charge in [-0.05, 0) is 43.9 Å². The summed E-state index contributed by atoms with van der Waals surface area (Å²) < 4.78 is 16.2. The van der Waals surface area contributed by atoms with Crippen LogP contribution in [0.25, 0.3) is 11.4 Å². The highest BCUT2D eigenvalue weighted by molar-refractivity contribution is 5.85. The molecule has 33 heavy (non-hydrogen) atoms. The Morgan fingerprint density at radius 2 is 1.79 bits per heavy atom. The first-order valence-electron chi connectivity index (χ1n) is 11.7. The minimum absolute atomic E-state index is 0.0199. The van der Waals surface area contributed by atoms with Gasteiger partial charge in [0.25, 0.3) is 0 Å². The summed E-state index contributed by atoms with van der Waals surface area (Å²) in [6.45, 7) is 1.29. The third-order valence-electron chi connectivity index (χ3n) is 6.67. The van der Waals surface area contributed by atoms with E-state index in [2.05, 4.69) is 15.5 Å². The van der Waals surface area contributed by atoms with Crippen molar-refractivity contribution in [3.63, 3.8) is 0 Å². The number of piperidine rings is 1. The summed E-state index contributed by atoms with van der Waals surface area (Å²) in [5.74, 6) is 2.47. The summed E-state index contributed by atoms with van der Waals surface area (Å²) in [5, 5.41) is 6.97. The number of ether oxygens (including phenoxy) is 2. The zero-order valence-corrected chi connectivity index (χ0v) is 19.3. The Bertz CT molecular complexity index is 962. The van der Waals surface area contributed by atoms with E-state index in [1.807, 2.05) is 17.0 Å². The number of rotatable bonds is 7. The van der Waals surface area contributed by atoms with Crippen molar-refractivity contribution in [2.45, 2.75) is 50.9 Å². The largest absolute Gasteiger partial charge is 0.493 e. The van der Waals surface area contributed by atoms with Gasteiger partial charge in [0, 0.05) is 30.5 Å². The molecule has 4 rings (SSSR count). The molecular formula is C24H32N4O5. The van der Waals surface area contributed by atoms with E-state index in [4.69, 9.17) is 14.0 Å². The average Bonchev–Trinajstić information content (AvgIpc) is 3.37. The van der Waals surface area contributed by atoms with E-state index in [9.17, 15) is 9.59 Å². The summed E-state index contributed by atoms with van der Waals surface area (Å²) in [6.07, 6.45) is 6.76. The standard InChI is InChI=1S/C24H32N4O5/c1-31-19-9-8-18(14-20(19)32-2)22-26-24(33-27-22)17-10-12-28(13-11-17)21(29)15-25-23(30)16-6-4-3-5-7-16/h8-9,14,16-17H,3-7,10-13,15H2,1-2H3,(H,25,30). The number of nitrogens with zero attached hydrogens (tertiary/aromatic N) is 3. The number of carbonyl (C=O) groups excluding carboxylic acids is 2. The molecule has 2 aliphatic rings. The van der Waals surface area contributed by atoms with Crippen molar-refractivity contribution in [1.82, 2.24) is 20.4 Å². The van der Waals surface area contributed by atoms with E-state index < -0.39 is 0 Å². The van der Waals surface area contributed by atoms with Crippen molar-refractivity contribution in [1.29, 1.82) is 0 Å². The van der Waals surface area contributed by atoms with E-state index in [0.717, 1.165) is 44.1 Å². The van der Waals surface area contributed by atoms with Crippen molar-refractivity contribution in [2.75, 3.05) is 33.9 Å². The molecule has 2 amide bonds. The van der Waals surface area contributed by atoms with Crippen molar-refractivity contribution in [3.05, 3.63) is 24.1 Å². The minimum Gasteiger partial charge on any atom is -0.493 e. The highest BCUT2D eigenvalue weighted by atomic mass is 16.5. The molecule has 2 aromatic rings. The molecule has 9 nitrogen and oxygen atoms in total. The number of carbonyl (C=O) groups is 2. The van der Waals surface area contributed by atoms with Crippen molar-refractivity contribution >= 4 is 11.8 Å². The molecule has 1 aliphatic carbocycles. The van der Waals surface area contributed by atoms with Gasteiger partial charge >= 0.3 is 0 Å². The lowest BCUT2D eigenvalue weighted by Crippen LogP contribution is -2.45. The third kappa shape index (κ3) is 5.46. The fourth-order valence-electron chi connectivity index (χ4n) is 4.65. The predicted octanol–water partition coefficient (Wildman–Crippen LogP) is 3.16. The second-order valence-corrected chi connectivity index (χ2v) is 8.73. The van der Waals surface area contributed by atoms with E-state index in [1.165, 1.54) is 6.42 Å². The van der Waals surface area contributed by atoms with E-state index in [1.54, 1.807) is 20.3 Å². The molecule has 2 heterocycles. The van der Waals surface area contributed by atoms with Crippen molar-refractivity contribution in [2.24, 2.45) is 5.92 Å². The van der Waals surface area contributed by atoms with Crippen LogP contribution in [0, 0.1) is 5.92 Å². The highest BCUT2D eigenvalue weighted by Crippen LogP contribution is 2.33. The molecule has 0 bridgehead atoms. The van der Waals surface area contributed by atoms with Gasteiger partial charge in [-0.3, -0.25) is 9.59 Å². The van der Waals surface area contributed by atoms with Gasteiger partial charge in [0.1, 0.15) is 0 Å². The fourth-order valence-corrected chi connectivity index (χ4v) is 4.65. The van der Waals surface area contributed by atoms with Gasteiger partial charge in [0.15, 0.2) is 11.5 Å². The molecule has 9 heteroatoms. The van der Waals surface area contributed by atoms with Gasteiger partial charge in [-0.25, -0.2) is 0 Å². The Balaban J connectivity index is 1.28. The maximum absolute atomic E-state index is 12.6. The number of amides is 2. The molecule has 1 aliphatic heterocycles. The first-order chi connectivity index (χ1) is 16.1. The molecule has 0 radical (unpaired) electrons. The monoisotopic (exact) mass is 456 g/mol. The van der Waals surface area contributed by atoms with Gasteiger partial charge in [-0.1, -0.05) is 24.4 Å². The molecule has 1 aromatic carbocycles. The number of methoxy groups -OCH3 is 2. The Kier molecular flexibility index (Phi) is 7.47. The van der Waals surface area contributed by atoms with Gasteiger partial charge < -0.3 is 24.2 Å². The van der Waals surface area contributed by atoms with Gasteiger partial charge in [0.2, 0.25) is 23.5 Å². The average molecular weight is 457 g/mol. The van der Waals surface area contributed by atoms with Crippen LogP contribution in [0.3, 0.4) is 0 Å². The SMILES string of the molecule is COc1ccc(-c2noc(C3CCN(C(=O)CNC(=O)C4CCCCC4)CC3)n2)cc1OC. The van der Waals surface area contributed by atoms with Crippen LogP contribution in [0.1, 0.15) is 56.8 Å². The maximum atomic E-state index is 12.6. The van der Waals surface area contributed by atoms with Crippen LogP contribution in [0.5, 0.6) is 11.5 Å².